The molecule has 2 rings (SSSR count). The van der Waals surface area contributed by atoms with E-state index in [1.165, 1.54) is 30.5 Å². The minimum Gasteiger partial charge on any atom is -0.268 e. The van der Waals surface area contributed by atoms with Crippen LogP contribution in [0.2, 0.25) is 0 Å². The van der Waals surface area contributed by atoms with Crippen molar-refractivity contribution in [3.05, 3.63) is 17.5 Å². The molecule has 1 aliphatic rings. The Morgan fingerprint density at radius 2 is 2.14 bits per heavy atom. The minimum atomic E-state index is 0.887. The SMILES string of the molecule is CCc1[c]nn(CC2CCC2)c1CC. The van der Waals surface area contributed by atoms with Crippen LogP contribution in [0.3, 0.4) is 0 Å². The van der Waals surface area contributed by atoms with Gasteiger partial charge in [0.2, 0.25) is 0 Å². The molecule has 0 unspecified atom stereocenters. The van der Waals surface area contributed by atoms with Crippen molar-refractivity contribution in [2.45, 2.75) is 52.5 Å². The zero-order valence-electron chi connectivity index (χ0n) is 9.21. The van der Waals surface area contributed by atoms with E-state index in [0.717, 1.165) is 25.3 Å². The fraction of sp³-hybridized carbons (Fsp3) is 0.750. The van der Waals surface area contributed by atoms with Gasteiger partial charge in [0.15, 0.2) is 0 Å². The monoisotopic (exact) mass is 191 g/mol. The zero-order chi connectivity index (χ0) is 9.97. The Morgan fingerprint density at radius 3 is 2.64 bits per heavy atom. The van der Waals surface area contributed by atoms with Crippen LogP contribution >= 0.6 is 0 Å². The fourth-order valence-electron chi connectivity index (χ4n) is 2.15. The molecule has 0 aliphatic heterocycles. The highest BCUT2D eigenvalue weighted by Crippen LogP contribution is 2.28. The van der Waals surface area contributed by atoms with Gasteiger partial charge in [-0.2, -0.15) is 5.10 Å². The van der Waals surface area contributed by atoms with Gasteiger partial charge < -0.3 is 0 Å². The topological polar surface area (TPSA) is 17.8 Å². The van der Waals surface area contributed by atoms with Crippen LogP contribution in [0.5, 0.6) is 0 Å². The van der Waals surface area contributed by atoms with E-state index in [1.54, 1.807) is 0 Å². The maximum Gasteiger partial charge on any atom is 0.116 e. The number of nitrogens with zero attached hydrogens (tertiary/aromatic N) is 2. The second kappa shape index (κ2) is 4.16. The summed E-state index contributed by atoms with van der Waals surface area (Å²) in [5, 5.41) is 4.37. The average Bonchev–Trinajstić information content (AvgIpc) is 2.53. The Kier molecular flexibility index (Phi) is 2.90. The Hall–Kier alpha value is -0.790. The zero-order valence-corrected chi connectivity index (χ0v) is 9.21. The van der Waals surface area contributed by atoms with Crippen LogP contribution in [-0.2, 0) is 19.4 Å². The Bertz CT molecular complexity index is 297. The number of hydrogen-bond donors (Lipinski definition) is 0. The molecule has 0 bridgehead atoms. The maximum atomic E-state index is 4.37. The largest absolute Gasteiger partial charge is 0.268 e. The Labute approximate surface area is 86.3 Å². The summed E-state index contributed by atoms with van der Waals surface area (Å²) in [6, 6.07) is 0. The van der Waals surface area contributed by atoms with E-state index in [9.17, 15) is 0 Å². The Morgan fingerprint density at radius 1 is 1.36 bits per heavy atom. The highest BCUT2D eigenvalue weighted by molar-refractivity contribution is 5.16. The van der Waals surface area contributed by atoms with Crippen molar-refractivity contribution >= 4 is 0 Å². The number of aromatic nitrogens is 2. The summed E-state index contributed by atoms with van der Waals surface area (Å²) >= 11 is 0. The first-order chi connectivity index (χ1) is 6.85. The predicted molar refractivity (Wildman–Crippen MR) is 57.2 cm³/mol. The van der Waals surface area contributed by atoms with E-state index >= 15 is 0 Å². The van der Waals surface area contributed by atoms with Crippen molar-refractivity contribution in [2.24, 2.45) is 5.92 Å². The van der Waals surface area contributed by atoms with Crippen LogP contribution in [0.1, 0.15) is 44.4 Å². The standard InChI is InChI=1S/C12H19N2/c1-3-11-8-13-14(12(11)4-2)9-10-6-5-7-10/h10H,3-7,9H2,1-2H3. The van der Waals surface area contributed by atoms with Crippen LogP contribution in [-0.4, -0.2) is 9.78 Å². The first-order valence-electron chi connectivity index (χ1n) is 5.81. The van der Waals surface area contributed by atoms with Crippen molar-refractivity contribution in [1.29, 1.82) is 0 Å². The molecule has 77 valence electrons. The van der Waals surface area contributed by atoms with Crippen LogP contribution in [0.25, 0.3) is 0 Å². The molecule has 1 saturated carbocycles. The van der Waals surface area contributed by atoms with Gasteiger partial charge in [0.1, 0.15) is 6.20 Å². The van der Waals surface area contributed by atoms with Crippen molar-refractivity contribution in [1.82, 2.24) is 9.78 Å². The van der Waals surface area contributed by atoms with E-state index < -0.39 is 0 Å². The summed E-state index contributed by atoms with van der Waals surface area (Å²) in [5.41, 5.74) is 2.71. The van der Waals surface area contributed by atoms with E-state index in [2.05, 4.69) is 29.8 Å². The van der Waals surface area contributed by atoms with Gasteiger partial charge in [-0.3, -0.25) is 4.68 Å². The van der Waals surface area contributed by atoms with Gasteiger partial charge in [0.25, 0.3) is 0 Å². The van der Waals surface area contributed by atoms with E-state index in [1.807, 2.05) is 0 Å². The molecule has 2 heteroatoms. The molecule has 1 fully saturated rings. The maximum absolute atomic E-state index is 4.37. The van der Waals surface area contributed by atoms with Crippen molar-refractivity contribution in [2.75, 3.05) is 0 Å². The molecule has 0 saturated heterocycles. The third kappa shape index (κ3) is 1.70. The van der Waals surface area contributed by atoms with Gasteiger partial charge in [-0.05, 0) is 31.6 Å². The van der Waals surface area contributed by atoms with Gasteiger partial charge in [-0.15, -0.1) is 0 Å². The minimum absolute atomic E-state index is 0.887. The highest BCUT2D eigenvalue weighted by Gasteiger charge is 2.19. The quantitative estimate of drug-likeness (QED) is 0.715. The van der Waals surface area contributed by atoms with Crippen LogP contribution in [0.4, 0.5) is 0 Å². The van der Waals surface area contributed by atoms with Gasteiger partial charge in [-0.1, -0.05) is 20.3 Å². The van der Waals surface area contributed by atoms with Crippen molar-refractivity contribution in [3.8, 4) is 0 Å². The smallest absolute Gasteiger partial charge is 0.116 e. The third-order valence-corrected chi connectivity index (χ3v) is 3.31. The lowest BCUT2D eigenvalue weighted by Crippen LogP contribution is -2.20. The lowest BCUT2D eigenvalue weighted by Gasteiger charge is -2.25. The summed E-state index contributed by atoms with van der Waals surface area (Å²) in [5.74, 6) is 0.887. The molecule has 0 aromatic carbocycles. The molecule has 0 amide bonds. The van der Waals surface area contributed by atoms with Crippen LogP contribution in [0.15, 0.2) is 0 Å². The Balaban J connectivity index is 2.10. The molecule has 1 radical (unpaired) electrons. The van der Waals surface area contributed by atoms with Crippen LogP contribution < -0.4 is 0 Å². The molecule has 1 aromatic heterocycles. The third-order valence-electron chi connectivity index (χ3n) is 3.31. The lowest BCUT2D eigenvalue weighted by atomic mass is 9.85. The van der Waals surface area contributed by atoms with Crippen LogP contribution in [0, 0.1) is 12.1 Å². The molecule has 0 spiro atoms. The summed E-state index contributed by atoms with van der Waals surface area (Å²) in [4.78, 5) is 0. The predicted octanol–water partition coefficient (Wildman–Crippen LogP) is 2.61. The van der Waals surface area contributed by atoms with Crippen molar-refractivity contribution < 1.29 is 0 Å². The fourth-order valence-corrected chi connectivity index (χ4v) is 2.15. The first-order valence-corrected chi connectivity index (χ1v) is 5.81. The average molecular weight is 191 g/mol. The molecule has 1 aliphatic carbocycles. The van der Waals surface area contributed by atoms with Gasteiger partial charge >= 0.3 is 0 Å². The van der Waals surface area contributed by atoms with Crippen molar-refractivity contribution in [3.63, 3.8) is 0 Å². The van der Waals surface area contributed by atoms with E-state index in [-0.39, 0.29) is 0 Å². The summed E-state index contributed by atoms with van der Waals surface area (Å²) in [7, 11) is 0. The molecular formula is C12H19N2. The molecule has 0 N–H and O–H groups in total. The number of aryl methyl sites for hydroxylation is 1. The molecule has 1 aromatic rings. The summed E-state index contributed by atoms with van der Waals surface area (Å²) < 4.78 is 2.18. The normalized spacial score (nSPS) is 17.0. The molecular weight excluding hydrogens is 172 g/mol. The lowest BCUT2D eigenvalue weighted by molar-refractivity contribution is 0.263. The number of rotatable bonds is 4. The summed E-state index contributed by atoms with van der Waals surface area (Å²) in [6.07, 6.45) is 9.50. The number of hydrogen-bond acceptors (Lipinski definition) is 1. The first kappa shape index (κ1) is 9.75. The van der Waals surface area contributed by atoms with E-state index in [4.69, 9.17) is 0 Å². The second-order valence-electron chi connectivity index (χ2n) is 4.22. The molecule has 14 heavy (non-hydrogen) atoms. The molecule has 0 atom stereocenters. The molecule has 1 heterocycles. The molecule has 2 nitrogen and oxygen atoms in total. The van der Waals surface area contributed by atoms with Gasteiger partial charge in [0.05, 0.1) is 0 Å². The van der Waals surface area contributed by atoms with E-state index in [0.29, 0.717) is 0 Å². The summed E-state index contributed by atoms with van der Waals surface area (Å²) in [6.45, 7) is 5.52. The highest BCUT2D eigenvalue weighted by atomic mass is 15.3. The van der Waals surface area contributed by atoms with Gasteiger partial charge in [0, 0.05) is 17.8 Å². The van der Waals surface area contributed by atoms with Gasteiger partial charge in [-0.25, -0.2) is 0 Å². The second-order valence-corrected chi connectivity index (χ2v) is 4.22.